The van der Waals surface area contributed by atoms with Gasteiger partial charge >= 0.3 is 0 Å². The predicted molar refractivity (Wildman–Crippen MR) is 108 cm³/mol. The van der Waals surface area contributed by atoms with Crippen LogP contribution in [0.25, 0.3) is 17.0 Å². The molecular formula is C18H14ClN7OS. The van der Waals surface area contributed by atoms with Gasteiger partial charge in [-0.2, -0.15) is 9.78 Å². The van der Waals surface area contributed by atoms with Crippen molar-refractivity contribution in [1.29, 1.82) is 0 Å². The second-order valence-electron chi connectivity index (χ2n) is 6.35. The second-order valence-corrected chi connectivity index (χ2v) is 7.88. The van der Waals surface area contributed by atoms with E-state index in [0.717, 1.165) is 16.8 Å². The van der Waals surface area contributed by atoms with E-state index in [9.17, 15) is 4.79 Å². The highest BCUT2D eigenvalue weighted by molar-refractivity contribution is 8.00. The van der Waals surface area contributed by atoms with Gasteiger partial charge in [-0.1, -0.05) is 23.7 Å². The maximum atomic E-state index is 12.4. The first-order valence-corrected chi connectivity index (χ1v) is 9.95. The van der Waals surface area contributed by atoms with Crippen molar-refractivity contribution < 1.29 is 4.79 Å². The number of rotatable bonds is 2. The van der Waals surface area contributed by atoms with Gasteiger partial charge in [0.1, 0.15) is 17.7 Å². The van der Waals surface area contributed by atoms with Crippen LogP contribution in [0.1, 0.15) is 22.1 Å². The van der Waals surface area contributed by atoms with E-state index < -0.39 is 0 Å². The summed E-state index contributed by atoms with van der Waals surface area (Å²) in [6.45, 7) is 1.93. The number of halogens is 1. The maximum Gasteiger partial charge on any atom is 0.235 e. The Kier molecular flexibility index (Phi) is 4.06. The molecule has 0 spiro atoms. The number of hydrogen-bond acceptors (Lipinski definition) is 6. The van der Waals surface area contributed by atoms with Crippen molar-refractivity contribution in [2.24, 2.45) is 0 Å². The van der Waals surface area contributed by atoms with Gasteiger partial charge in [-0.05, 0) is 24.6 Å². The molecule has 4 heterocycles. The Morgan fingerprint density at radius 3 is 2.86 bits per heavy atom. The number of hydrogen-bond donors (Lipinski definition) is 2. The van der Waals surface area contributed by atoms with Crippen LogP contribution in [0.3, 0.4) is 0 Å². The molecule has 0 bridgehead atoms. The fourth-order valence-corrected chi connectivity index (χ4v) is 4.67. The number of carbonyl (C=O) groups is 1. The lowest BCUT2D eigenvalue weighted by Gasteiger charge is -2.15. The van der Waals surface area contributed by atoms with Crippen molar-refractivity contribution in [2.75, 3.05) is 11.1 Å². The molecular weight excluding hydrogens is 398 g/mol. The van der Waals surface area contributed by atoms with Crippen molar-refractivity contribution in [3.63, 3.8) is 0 Å². The van der Waals surface area contributed by atoms with Gasteiger partial charge < -0.3 is 10.3 Å². The van der Waals surface area contributed by atoms with Crippen molar-refractivity contribution in [3.8, 4) is 5.82 Å². The van der Waals surface area contributed by atoms with Crippen LogP contribution in [-0.4, -0.2) is 41.4 Å². The number of nitrogens with zero attached hydrogens (tertiary/aromatic N) is 5. The van der Waals surface area contributed by atoms with Gasteiger partial charge in [-0.3, -0.25) is 4.79 Å². The average molecular weight is 412 g/mol. The molecule has 5 rings (SSSR count). The summed E-state index contributed by atoms with van der Waals surface area (Å²) < 4.78 is 1.65. The Balaban J connectivity index is 1.73. The first kappa shape index (κ1) is 17.2. The lowest BCUT2D eigenvalue weighted by atomic mass is 10.0. The summed E-state index contributed by atoms with van der Waals surface area (Å²) in [6, 6.07) is 7.67. The molecule has 0 saturated carbocycles. The van der Waals surface area contributed by atoms with Crippen LogP contribution in [-0.2, 0) is 4.79 Å². The smallest absolute Gasteiger partial charge is 0.235 e. The van der Waals surface area contributed by atoms with Crippen LogP contribution in [0.5, 0.6) is 0 Å². The van der Waals surface area contributed by atoms with E-state index in [2.05, 4.69) is 30.4 Å². The van der Waals surface area contributed by atoms with E-state index in [1.54, 1.807) is 22.8 Å². The highest BCUT2D eigenvalue weighted by Gasteiger charge is 2.31. The van der Waals surface area contributed by atoms with Crippen LogP contribution in [0.2, 0.25) is 5.02 Å². The number of H-pyrrole nitrogens is 1. The first-order valence-electron chi connectivity index (χ1n) is 8.52. The molecule has 0 radical (unpaired) electrons. The fourth-order valence-electron chi connectivity index (χ4n) is 3.35. The van der Waals surface area contributed by atoms with E-state index in [1.165, 1.54) is 6.33 Å². The van der Waals surface area contributed by atoms with Crippen LogP contribution in [0, 0.1) is 6.92 Å². The Hall–Kier alpha value is -2.91. The number of aromatic amines is 1. The largest absolute Gasteiger partial charge is 0.340 e. The molecule has 3 aromatic heterocycles. The number of anilines is 1. The van der Waals surface area contributed by atoms with Gasteiger partial charge in [-0.15, -0.1) is 11.8 Å². The average Bonchev–Trinajstić information content (AvgIpc) is 3.24. The van der Waals surface area contributed by atoms with Gasteiger partial charge in [0.2, 0.25) is 5.91 Å². The zero-order valence-corrected chi connectivity index (χ0v) is 16.3. The molecule has 8 nitrogen and oxygen atoms in total. The molecule has 0 unspecified atom stereocenters. The number of fused-ring (bicyclic) bond motifs is 2. The lowest BCUT2D eigenvalue weighted by molar-refractivity contribution is -0.113. The number of imidazole rings is 1. The molecule has 4 aromatic rings. The van der Waals surface area contributed by atoms with Gasteiger partial charge in [0, 0.05) is 10.6 Å². The van der Waals surface area contributed by atoms with Crippen LogP contribution in [0.15, 0.2) is 36.9 Å². The Morgan fingerprint density at radius 2 is 2.04 bits per heavy atom. The Bertz CT molecular complexity index is 1200. The molecule has 10 heteroatoms. The molecule has 140 valence electrons. The zero-order chi connectivity index (χ0) is 19.3. The molecule has 1 atom stereocenters. The highest BCUT2D eigenvalue weighted by Crippen LogP contribution is 2.44. The molecule has 1 aliphatic heterocycles. The van der Waals surface area contributed by atoms with Crippen LogP contribution in [0.4, 0.5) is 5.82 Å². The Morgan fingerprint density at radius 1 is 1.21 bits per heavy atom. The Labute approximate surface area is 168 Å². The number of benzene rings is 1. The molecule has 1 amide bonds. The minimum absolute atomic E-state index is 0.0564. The topological polar surface area (TPSA) is 101 Å². The summed E-state index contributed by atoms with van der Waals surface area (Å²) >= 11 is 7.61. The third-order valence-corrected chi connectivity index (χ3v) is 6.11. The van der Waals surface area contributed by atoms with Gasteiger partial charge in [0.15, 0.2) is 11.5 Å². The maximum absolute atomic E-state index is 12.4. The fraction of sp³-hybridized carbons (Fsp3) is 0.167. The minimum atomic E-state index is -0.0845. The van der Waals surface area contributed by atoms with Crippen molar-refractivity contribution >= 4 is 46.3 Å². The second kappa shape index (κ2) is 6.61. The standard InChI is InChI=1S/C18H14ClN7OS/c1-9-13-15(10-2-4-11(19)5-3-10)28-6-12(27)24-17(13)26(25-9)18-14-16(21-7-20-14)22-8-23-18/h2-5,7-8,15H,6H2,1H3,(H,24,27)(H,20,21,22,23)/t15-/m1/s1. The summed E-state index contributed by atoms with van der Waals surface area (Å²) in [4.78, 5) is 28.2. The number of aryl methyl sites for hydroxylation is 1. The van der Waals surface area contributed by atoms with Crippen LogP contribution >= 0.6 is 23.4 Å². The van der Waals surface area contributed by atoms with Gasteiger partial charge in [-0.25, -0.2) is 15.0 Å². The number of nitrogens with one attached hydrogen (secondary N) is 2. The third kappa shape index (κ3) is 2.74. The van der Waals surface area contributed by atoms with E-state index in [0.29, 0.717) is 33.6 Å². The monoisotopic (exact) mass is 411 g/mol. The molecule has 1 aromatic carbocycles. The lowest BCUT2D eigenvalue weighted by Crippen LogP contribution is -2.16. The molecule has 0 fully saturated rings. The number of aromatic nitrogens is 6. The molecule has 28 heavy (non-hydrogen) atoms. The highest BCUT2D eigenvalue weighted by atomic mass is 35.5. The summed E-state index contributed by atoms with van der Waals surface area (Å²) in [6.07, 6.45) is 2.99. The summed E-state index contributed by atoms with van der Waals surface area (Å²) in [5, 5.41) is 8.30. The number of amides is 1. The van der Waals surface area contributed by atoms with Gasteiger partial charge in [0.25, 0.3) is 0 Å². The van der Waals surface area contributed by atoms with Crippen molar-refractivity contribution in [3.05, 3.63) is 58.8 Å². The minimum Gasteiger partial charge on any atom is -0.340 e. The summed E-state index contributed by atoms with van der Waals surface area (Å²) in [7, 11) is 0. The normalized spacial score (nSPS) is 16.6. The SMILES string of the molecule is Cc1nn(-c2ncnc3nc[nH]c23)c2c1[C@@H](c1ccc(Cl)cc1)SCC(=O)N2. The van der Waals surface area contributed by atoms with E-state index in [4.69, 9.17) is 11.6 Å². The quantitative estimate of drug-likeness (QED) is 0.525. The van der Waals surface area contributed by atoms with Crippen LogP contribution < -0.4 is 5.32 Å². The van der Waals surface area contributed by atoms with E-state index >= 15 is 0 Å². The number of thioether (sulfide) groups is 1. The van der Waals surface area contributed by atoms with Gasteiger partial charge in [0.05, 0.1) is 23.0 Å². The van der Waals surface area contributed by atoms with Crippen molar-refractivity contribution in [1.82, 2.24) is 29.7 Å². The number of carbonyl (C=O) groups excluding carboxylic acids is 1. The molecule has 2 N–H and O–H groups in total. The van der Waals surface area contributed by atoms with E-state index in [1.807, 2.05) is 31.2 Å². The third-order valence-electron chi connectivity index (χ3n) is 4.58. The molecule has 1 aliphatic rings. The predicted octanol–water partition coefficient (Wildman–Crippen LogP) is 3.28. The molecule has 0 aliphatic carbocycles. The molecule has 0 saturated heterocycles. The van der Waals surface area contributed by atoms with Crippen molar-refractivity contribution in [2.45, 2.75) is 12.2 Å². The van der Waals surface area contributed by atoms with E-state index in [-0.39, 0.29) is 11.2 Å². The zero-order valence-electron chi connectivity index (χ0n) is 14.7. The summed E-state index contributed by atoms with van der Waals surface area (Å²) in [5.41, 5.74) is 4.02. The first-order chi connectivity index (χ1) is 13.6. The summed E-state index contributed by atoms with van der Waals surface area (Å²) in [5.74, 6) is 1.40.